The Bertz CT molecular complexity index is 322. The maximum Gasteiger partial charge on any atom is 0.0627 e. The van der Waals surface area contributed by atoms with Crippen LogP contribution in [0.4, 0.5) is 0 Å². The second-order valence-electron chi connectivity index (χ2n) is 5.29. The Morgan fingerprint density at radius 3 is 2.82 bits per heavy atom. The molecule has 1 aliphatic rings. The predicted molar refractivity (Wildman–Crippen MR) is 70.9 cm³/mol. The molecule has 0 bridgehead atoms. The summed E-state index contributed by atoms with van der Waals surface area (Å²) >= 11 is 0. The molecule has 0 aliphatic heterocycles. The minimum Gasteiger partial charge on any atom is -0.330 e. The lowest BCUT2D eigenvalue weighted by atomic mass is 9.96. The Morgan fingerprint density at radius 1 is 1.41 bits per heavy atom. The Labute approximate surface area is 104 Å². The zero-order chi connectivity index (χ0) is 12.1. The van der Waals surface area contributed by atoms with Crippen molar-refractivity contribution in [2.75, 3.05) is 6.54 Å². The summed E-state index contributed by atoms with van der Waals surface area (Å²) in [5.74, 6) is 0.588. The lowest BCUT2D eigenvalue weighted by Gasteiger charge is -2.21. The van der Waals surface area contributed by atoms with Gasteiger partial charge in [0.2, 0.25) is 0 Å². The molecule has 96 valence electrons. The minimum atomic E-state index is 0.588. The molecular weight excluding hydrogens is 210 g/mol. The molecule has 1 atom stereocenters. The molecule has 1 saturated carbocycles. The molecule has 0 aromatic carbocycles. The van der Waals surface area contributed by atoms with E-state index in [-0.39, 0.29) is 0 Å². The number of nitrogens with two attached hydrogens (primary N) is 1. The summed E-state index contributed by atoms with van der Waals surface area (Å²) in [6, 6.07) is 2.82. The molecule has 1 heterocycles. The first-order valence-corrected chi connectivity index (χ1v) is 7.07. The van der Waals surface area contributed by atoms with Crippen LogP contribution in [0.1, 0.15) is 57.2 Å². The van der Waals surface area contributed by atoms with E-state index < -0.39 is 0 Å². The number of hydrogen-bond acceptors (Lipinski definition) is 2. The molecule has 2 N–H and O–H groups in total. The average Bonchev–Trinajstić information content (AvgIpc) is 2.85. The molecular formula is C14H25N3. The molecule has 2 rings (SSSR count). The van der Waals surface area contributed by atoms with Gasteiger partial charge < -0.3 is 5.73 Å². The van der Waals surface area contributed by atoms with Gasteiger partial charge in [-0.1, -0.05) is 32.6 Å². The van der Waals surface area contributed by atoms with E-state index in [2.05, 4.69) is 23.9 Å². The fourth-order valence-electron chi connectivity index (χ4n) is 2.73. The Morgan fingerprint density at radius 2 is 2.18 bits per heavy atom. The van der Waals surface area contributed by atoms with Gasteiger partial charge in [-0.25, -0.2) is 0 Å². The molecule has 1 fully saturated rings. The van der Waals surface area contributed by atoms with E-state index in [1.54, 1.807) is 0 Å². The lowest BCUT2D eigenvalue weighted by molar-refractivity contribution is 0.327. The van der Waals surface area contributed by atoms with Crippen LogP contribution < -0.4 is 5.73 Å². The third-order valence-corrected chi connectivity index (χ3v) is 4.02. The molecule has 3 heteroatoms. The zero-order valence-electron chi connectivity index (χ0n) is 10.9. The third kappa shape index (κ3) is 3.32. The first kappa shape index (κ1) is 12.6. The third-order valence-electron chi connectivity index (χ3n) is 4.02. The van der Waals surface area contributed by atoms with E-state index in [1.807, 2.05) is 0 Å². The van der Waals surface area contributed by atoms with Crippen LogP contribution >= 0.6 is 0 Å². The summed E-state index contributed by atoms with van der Waals surface area (Å²) < 4.78 is 2.19. The normalized spacial score (nSPS) is 19.4. The van der Waals surface area contributed by atoms with E-state index in [9.17, 15) is 0 Å². The van der Waals surface area contributed by atoms with Gasteiger partial charge in [0.1, 0.15) is 0 Å². The van der Waals surface area contributed by atoms with E-state index in [1.165, 1.54) is 37.8 Å². The minimum absolute atomic E-state index is 0.588. The topological polar surface area (TPSA) is 43.8 Å². The largest absolute Gasteiger partial charge is 0.330 e. The lowest BCUT2D eigenvalue weighted by Crippen LogP contribution is -2.17. The molecule has 1 aromatic rings. The van der Waals surface area contributed by atoms with E-state index >= 15 is 0 Å². The summed E-state index contributed by atoms with van der Waals surface area (Å²) in [5, 5.41) is 4.73. The summed E-state index contributed by atoms with van der Waals surface area (Å²) in [6.45, 7) is 2.97. The van der Waals surface area contributed by atoms with Gasteiger partial charge >= 0.3 is 0 Å². The van der Waals surface area contributed by atoms with Gasteiger partial charge in [0.05, 0.1) is 11.7 Å². The highest BCUT2D eigenvalue weighted by atomic mass is 15.3. The van der Waals surface area contributed by atoms with Crippen LogP contribution in [-0.4, -0.2) is 16.3 Å². The van der Waals surface area contributed by atoms with Crippen LogP contribution in [0.5, 0.6) is 0 Å². The second kappa shape index (κ2) is 6.20. The molecule has 1 aromatic heterocycles. The van der Waals surface area contributed by atoms with E-state index in [0.29, 0.717) is 12.0 Å². The zero-order valence-corrected chi connectivity index (χ0v) is 10.9. The van der Waals surface area contributed by atoms with Crippen molar-refractivity contribution in [2.45, 2.75) is 57.9 Å². The van der Waals surface area contributed by atoms with Gasteiger partial charge in [-0.15, -0.1) is 0 Å². The van der Waals surface area contributed by atoms with Gasteiger partial charge in [-0.05, 0) is 37.8 Å². The highest BCUT2D eigenvalue weighted by molar-refractivity contribution is 5.01. The average molecular weight is 235 g/mol. The highest BCUT2D eigenvalue weighted by Gasteiger charge is 2.16. The van der Waals surface area contributed by atoms with Crippen molar-refractivity contribution in [1.29, 1.82) is 0 Å². The van der Waals surface area contributed by atoms with Crippen molar-refractivity contribution in [3.05, 3.63) is 18.0 Å². The number of hydrogen-bond donors (Lipinski definition) is 1. The van der Waals surface area contributed by atoms with Gasteiger partial charge in [0.25, 0.3) is 0 Å². The van der Waals surface area contributed by atoms with Crippen LogP contribution in [0.25, 0.3) is 0 Å². The molecule has 1 unspecified atom stereocenters. The molecule has 1 aliphatic carbocycles. The maximum atomic E-state index is 5.75. The number of aromatic nitrogens is 2. The standard InChI is InChI=1S/C14H25N3/c1-2-12(11-15)10-13-8-9-17(16-13)14-6-4-3-5-7-14/h8-9,12,14H,2-7,10-11,15H2,1H3. The van der Waals surface area contributed by atoms with Crippen LogP contribution in [0.3, 0.4) is 0 Å². The molecule has 0 radical (unpaired) electrons. The quantitative estimate of drug-likeness (QED) is 0.852. The molecule has 3 nitrogen and oxygen atoms in total. The Balaban J connectivity index is 1.94. The first-order chi connectivity index (χ1) is 8.33. The fourth-order valence-corrected chi connectivity index (χ4v) is 2.73. The van der Waals surface area contributed by atoms with Crippen LogP contribution in [0.2, 0.25) is 0 Å². The predicted octanol–water partition coefficient (Wildman–Crippen LogP) is 2.92. The SMILES string of the molecule is CCC(CN)Cc1ccn(C2CCCCC2)n1. The monoisotopic (exact) mass is 235 g/mol. The molecule has 17 heavy (non-hydrogen) atoms. The fraction of sp³-hybridized carbons (Fsp3) is 0.786. The van der Waals surface area contributed by atoms with Crippen LogP contribution in [0.15, 0.2) is 12.3 Å². The van der Waals surface area contributed by atoms with E-state index in [4.69, 9.17) is 10.8 Å². The second-order valence-corrected chi connectivity index (χ2v) is 5.29. The maximum absolute atomic E-state index is 5.75. The molecule has 0 spiro atoms. The van der Waals surface area contributed by atoms with Crippen molar-refractivity contribution >= 4 is 0 Å². The van der Waals surface area contributed by atoms with Crippen LogP contribution in [0, 0.1) is 5.92 Å². The van der Waals surface area contributed by atoms with E-state index in [0.717, 1.165) is 19.4 Å². The summed E-state index contributed by atoms with van der Waals surface area (Å²) in [7, 11) is 0. The van der Waals surface area contributed by atoms with Gasteiger partial charge in [-0.3, -0.25) is 4.68 Å². The Hall–Kier alpha value is -0.830. The number of rotatable bonds is 5. The number of nitrogens with zero attached hydrogens (tertiary/aromatic N) is 2. The smallest absolute Gasteiger partial charge is 0.0627 e. The van der Waals surface area contributed by atoms with Crippen molar-refractivity contribution in [3.8, 4) is 0 Å². The van der Waals surface area contributed by atoms with Crippen molar-refractivity contribution in [2.24, 2.45) is 11.7 Å². The first-order valence-electron chi connectivity index (χ1n) is 7.07. The van der Waals surface area contributed by atoms with Gasteiger partial charge in [0, 0.05) is 6.20 Å². The summed E-state index contributed by atoms with van der Waals surface area (Å²) in [4.78, 5) is 0. The van der Waals surface area contributed by atoms with Crippen molar-refractivity contribution in [3.63, 3.8) is 0 Å². The van der Waals surface area contributed by atoms with Gasteiger partial charge in [0.15, 0.2) is 0 Å². The van der Waals surface area contributed by atoms with Gasteiger partial charge in [-0.2, -0.15) is 5.10 Å². The summed E-state index contributed by atoms with van der Waals surface area (Å²) in [6.07, 6.45) is 11.1. The summed E-state index contributed by atoms with van der Waals surface area (Å²) in [5.41, 5.74) is 6.96. The van der Waals surface area contributed by atoms with Crippen molar-refractivity contribution in [1.82, 2.24) is 9.78 Å². The van der Waals surface area contributed by atoms with Crippen molar-refractivity contribution < 1.29 is 0 Å². The van der Waals surface area contributed by atoms with Crippen LogP contribution in [-0.2, 0) is 6.42 Å². The molecule has 0 amide bonds. The highest BCUT2D eigenvalue weighted by Crippen LogP contribution is 2.27. The Kier molecular flexibility index (Phi) is 4.60. The molecule has 0 saturated heterocycles.